The van der Waals surface area contributed by atoms with Crippen LogP contribution in [0.25, 0.3) is 6.08 Å². The van der Waals surface area contributed by atoms with Gasteiger partial charge in [0, 0.05) is 0 Å². The number of ether oxygens (including phenoxy) is 2. The van der Waals surface area contributed by atoms with E-state index in [0.29, 0.717) is 20.7 Å². The molecule has 0 aliphatic carbocycles. The number of carbonyl (C=O) groups excluding carboxylic acids is 1. The molecule has 0 spiro atoms. The Morgan fingerprint density at radius 1 is 1.26 bits per heavy atom. The fraction of sp³-hybridized carbons (Fsp3) is 0.231. The van der Waals surface area contributed by atoms with Gasteiger partial charge in [0.15, 0.2) is 11.5 Å². The minimum absolute atomic E-state index is 0.163. The van der Waals surface area contributed by atoms with E-state index in [0.717, 1.165) is 11.1 Å². The number of benzene rings is 1. The Bertz CT molecular complexity index is 581. The smallest absolute Gasteiger partial charge is 0.263 e. The summed E-state index contributed by atoms with van der Waals surface area (Å²) < 4.78 is 11.0. The molecule has 1 aromatic carbocycles. The quantitative estimate of drug-likeness (QED) is 0.686. The zero-order valence-corrected chi connectivity index (χ0v) is 12.4. The van der Waals surface area contributed by atoms with Crippen LogP contribution in [0.4, 0.5) is 0 Å². The molecule has 0 saturated carbocycles. The molecule has 0 radical (unpaired) electrons. The van der Waals surface area contributed by atoms with Crippen LogP contribution in [-0.4, -0.2) is 24.4 Å². The fourth-order valence-electron chi connectivity index (χ4n) is 1.71. The maximum Gasteiger partial charge on any atom is 0.263 e. The van der Waals surface area contributed by atoms with Gasteiger partial charge >= 0.3 is 0 Å². The summed E-state index contributed by atoms with van der Waals surface area (Å²) in [4.78, 5) is 12.2. The van der Waals surface area contributed by atoms with Crippen molar-refractivity contribution in [1.82, 2.24) is 5.32 Å². The Morgan fingerprint density at radius 3 is 2.42 bits per heavy atom. The third-order valence-electron chi connectivity index (χ3n) is 2.70. The summed E-state index contributed by atoms with van der Waals surface area (Å²) >= 11 is 6.22. The van der Waals surface area contributed by atoms with Gasteiger partial charge in [0.25, 0.3) is 5.91 Å². The third-order valence-corrected chi connectivity index (χ3v) is 3.86. The van der Waals surface area contributed by atoms with Crippen molar-refractivity contribution in [2.45, 2.75) is 6.92 Å². The van der Waals surface area contributed by atoms with Gasteiger partial charge in [-0.1, -0.05) is 24.0 Å². The van der Waals surface area contributed by atoms with Crippen molar-refractivity contribution in [2.24, 2.45) is 0 Å². The number of hydrogen-bond donors (Lipinski definition) is 1. The van der Waals surface area contributed by atoms with Crippen LogP contribution in [0.2, 0.25) is 0 Å². The molecule has 1 heterocycles. The number of carbonyl (C=O) groups is 1. The summed E-state index contributed by atoms with van der Waals surface area (Å²) in [7, 11) is 3.17. The van der Waals surface area contributed by atoms with Crippen LogP contribution in [-0.2, 0) is 4.79 Å². The van der Waals surface area contributed by atoms with Crippen LogP contribution < -0.4 is 14.8 Å². The highest BCUT2D eigenvalue weighted by molar-refractivity contribution is 8.26. The second kappa shape index (κ2) is 5.63. The highest BCUT2D eigenvalue weighted by Crippen LogP contribution is 2.33. The topological polar surface area (TPSA) is 47.6 Å². The second-order valence-electron chi connectivity index (χ2n) is 3.92. The fourth-order valence-corrected chi connectivity index (χ4v) is 2.75. The van der Waals surface area contributed by atoms with Crippen LogP contribution in [0.15, 0.2) is 17.0 Å². The van der Waals surface area contributed by atoms with E-state index in [1.54, 1.807) is 20.3 Å². The Balaban J connectivity index is 2.43. The molecule has 1 saturated heterocycles. The summed E-state index contributed by atoms with van der Waals surface area (Å²) in [5.74, 6) is 1.14. The maximum atomic E-state index is 11.6. The predicted molar refractivity (Wildman–Crippen MR) is 80.6 cm³/mol. The van der Waals surface area contributed by atoms with Gasteiger partial charge in [0.05, 0.1) is 19.1 Å². The lowest BCUT2D eigenvalue weighted by molar-refractivity contribution is -0.115. The number of thioether (sulfide) groups is 1. The Kier molecular flexibility index (Phi) is 4.11. The predicted octanol–water partition coefficient (Wildman–Crippen LogP) is 2.50. The van der Waals surface area contributed by atoms with E-state index in [2.05, 4.69) is 5.32 Å². The molecule has 19 heavy (non-hydrogen) atoms. The summed E-state index contributed by atoms with van der Waals surface area (Å²) in [5.41, 5.74) is 1.90. The molecule has 0 aromatic heterocycles. The number of hydrogen-bond acceptors (Lipinski definition) is 5. The molecule has 1 amide bonds. The number of methoxy groups -OCH3 is 2. The maximum absolute atomic E-state index is 11.6. The molecule has 0 unspecified atom stereocenters. The van der Waals surface area contributed by atoms with Gasteiger partial charge in [-0.2, -0.15) is 0 Å². The summed E-state index contributed by atoms with van der Waals surface area (Å²) in [5, 5.41) is 2.59. The van der Waals surface area contributed by atoms with E-state index in [9.17, 15) is 4.79 Å². The molecular formula is C13H13NO3S2. The van der Waals surface area contributed by atoms with E-state index >= 15 is 0 Å². The van der Waals surface area contributed by atoms with Gasteiger partial charge in [-0.05, 0) is 36.3 Å². The van der Waals surface area contributed by atoms with Crippen molar-refractivity contribution < 1.29 is 14.3 Å². The Labute approximate surface area is 121 Å². The van der Waals surface area contributed by atoms with Crippen LogP contribution >= 0.6 is 24.0 Å². The van der Waals surface area contributed by atoms with Gasteiger partial charge in [-0.25, -0.2) is 0 Å². The van der Waals surface area contributed by atoms with Crippen LogP contribution in [0, 0.1) is 6.92 Å². The number of thiocarbonyl (C=S) groups is 1. The highest BCUT2D eigenvalue weighted by atomic mass is 32.2. The highest BCUT2D eigenvalue weighted by Gasteiger charge is 2.22. The van der Waals surface area contributed by atoms with Crippen molar-refractivity contribution in [3.8, 4) is 11.5 Å². The molecule has 1 fully saturated rings. The van der Waals surface area contributed by atoms with E-state index in [1.165, 1.54) is 11.8 Å². The average molecular weight is 295 g/mol. The minimum Gasteiger partial charge on any atom is -0.493 e. The number of aryl methyl sites for hydroxylation is 1. The standard InChI is InChI=1S/C13H13NO3S2/c1-7-4-9(16-2)10(17-3)5-8(7)6-11-12(15)14-13(18)19-11/h4-6H,1-3H3,(H,14,15,18)/b11-6+. The molecule has 6 heteroatoms. The van der Waals surface area contributed by atoms with Gasteiger partial charge < -0.3 is 14.8 Å². The lowest BCUT2D eigenvalue weighted by atomic mass is 10.1. The monoisotopic (exact) mass is 295 g/mol. The first-order chi connectivity index (χ1) is 9.05. The molecule has 1 aromatic rings. The molecule has 1 N–H and O–H groups in total. The number of nitrogens with one attached hydrogen (secondary N) is 1. The first-order valence-electron chi connectivity index (χ1n) is 5.52. The van der Waals surface area contributed by atoms with Gasteiger partial charge in [0.1, 0.15) is 4.32 Å². The second-order valence-corrected chi connectivity index (χ2v) is 5.63. The van der Waals surface area contributed by atoms with Gasteiger partial charge in [-0.3, -0.25) is 4.79 Å². The van der Waals surface area contributed by atoms with E-state index < -0.39 is 0 Å². The summed E-state index contributed by atoms with van der Waals surface area (Å²) in [6.45, 7) is 1.95. The first-order valence-corrected chi connectivity index (χ1v) is 6.75. The molecule has 100 valence electrons. The lowest BCUT2D eigenvalue weighted by Crippen LogP contribution is -2.17. The normalized spacial score (nSPS) is 16.7. The molecule has 1 aliphatic heterocycles. The van der Waals surface area contributed by atoms with Crippen molar-refractivity contribution in [3.63, 3.8) is 0 Å². The van der Waals surface area contributed by atoms with E-state index in [1.807, 2.05) is 19.1 Å². The molecule has 4 nitrogen and oxygen atoms in total. The number of rotatable bonds is 3. The van der Waals surface area contributed by atoms with Crippen LogP contribution in [0.1, 0.15) is 11.1 Å². The van der Waals surface area contributed by atoms with Crippen molar-refractivity contribution in [3.05, 3.63) is 28.2 Å². The molecule has 2 rings (SSSR count). The SMILES string of the molecule is COc1cc(C)c(/C=C2/SC(=S)NC2=O)cc1OC. The molecule has 0 atom stereocenters. The zero-order chi connectivity index (χ0) is 14.0. The van der Waals surface area contributed by atoms with E-state index in [4.69, 9.17) is 21.7 Å². The number of amides is 1. The molecular weight excluding hydrogens is 282 g/mol. The Morgan fingerprint density at radius 2 is 1.89 bits per heavy atom. The van der Waals surface area contributed by atoms with Crippen molar-refractivity contribution in [2.75, 3.05) is 14.2 Å². The largest absolute Gasteiger partial charge is 0.493 e. The van der Waals surface area contributed by atoms with E-state index in [-0.39, 0.29) is 5.91 Å². The average Bonchev–Trinajstić information content (AvgIpc) is 2.69. The lowest BCUT2D eigenvalue weighted by Gasteiger charge is -2.10. The summed E-state index contributed by atoms with van der Waals surface area (Å²) in [6, 6.07) is 3.72. The Hall–Kier alpha value is -1.53. The minimum atomic E-state index is -0.163. The molecule has 0 bridgehead atoms. The van der Waals surface area contributed by atoms with Crippen LogP contribution in [0.3, 0.4) is 0 Å². The molecule has 1 aliphatic rings. The van der Waals surface area contributed by atoms with Crippen molar-refractivity contribution in [1.29, 1.82) is 0 Å². The third kappa shape index (κ3) is 2.90. The van der Waals surface area contributed by atoms with Crippen molar-refractivity contribution >= 4 is 40.3 Å². The summed E-state index contributed by atoms with van der Waals surface area (Å²) in [6.07, 6.45) is 1.80. The zero-order valence-electron chi connectivity index (χ0n) is 10.8. The first kappa shape index (κ1) is 13.9. The van der Waals surface area contributed by atoms with Gasteiger partial charge in [-0.15, -0.1) is 0 Å². The van der Waals surface area contributed by atoms with Crippen LogP contribution in [0.5, 0.6) is 11.5 Å². The van der Waals surface area contributed by atoms with Gasteiger partial charge in [0.2, 0.25) is 0 Å².